The fourth-order valence-electron chi connectivity index (χ4n) is 1.65. The van der Waals surface area contributed by atoms with E-state index >= 15 is 0 Å². The van der Waals surface area contributed by atoms with E-state index in [-0.39, 0.29) is 12.3 Å². The van der Waals surface area contributed by atoms with Gasteiger partial charge >= 0.3 is 5.97 Å². The second-order valence-corrected chi connectivity index (χ2v) is 4.62. The van der Waals surface area contributed by atoms with E-state index in [0.717, 1.165) is 12.8 Å². The molecule has 1 aromatic carbocycles. The normalized spacial score (nSPS) is 11.7. The topological polar surface area (TPSA) is 75.6 Å². The number of amides is 1. The number of carboxylic acid groups (broad SMARTS) is 1. The maximum atomic E-state index is 11.7. The lowest BCUT2D eigenvalue weighted by Gasteiger charge is -2.14. The smallest absolute Gasteiger partial charge is 0.307 e. The summed E-state index contributed by atoms with van der Waals surface area (Å²) in [5, 5.41) is 11.5. The molecular weight excluding hydrogens is 258 g/mol. The third kappa shape index (κ3) is 5.73. The maximum Gasteiger partial charge on any atom is 0.307 e. The zero-order valence-electron chi connectivity index (χ0n) is 11.9. The summed E-state index contributed by atoms with van der Waals surface area (Å²) in [6.45, 7) is 4.40. The highest BCUT2D eigenvalue weighted by molar-refractivity contribution is 5.80. The summed E-state index contributed by atoms with van der Waals surface area (Å²) in [7, 11) is 0. The van der Waals surface area contributed by atoms with E-state index in [4.69, 9.17) is 9.84 Å². The van der Waals surface area contributed by atoms with E-state index < -0.39 is 12.1 Å². The SMILES string of the molecule is CCCCNC(=O)C(C)Oc1ccc(CC(=O)O)cc1. The Morgan fingerprint density at radius 3 is 2.50 bits per heavy atom. The molecular formula is C15H21NO4. The van der Waals surface area contributed by atoms with Gasteiger partial charge in [0.25, 0.3) is 5.91 Å². The van der Waals surface area contributed by atoms with Crippen LogP contribution in [0.3, 0.4) is 0 Å². The lowest BCUT2D eigenvalue weighted by molar-refractivity contribution is -0.136. The van der Waals surface area contributed by atoms with E-state index in [0.29, 0.717) is 17.9 Å². The summed E-state index contributed by atoms with van der Waals surface area (Å²) in [5.74, 6) is -0.465. The largest absolute Gasteiger partial charge is 0.481 e. The molecule has 1 atom stereocenters. The minimum absolute atomic E-state index is 0.0205. The molecule has 2 N–H and O–H groups in total. The number of carbonyl (C=O) groups excluding carboxylic acids is 1. The minimum atomic E-state index is -0.873. The highest BCUT2D eigenvalue weighted by Crippen LogP contribution is 2.14. The number of unbranched alkanes of at least 4 members (excludes halogenated alkanes) is 1. The molecule has 0 saturated carbocycles. The fraction of sp³-hybridized carbons (Fsp3) is 0.467. The van der Waals surface area contributed by atoms with Crippen LogP contribution in [0.1, 0.15) is 32.3 Å². The zero-order valence-corrected chi connectivity index (χ0v) is 11.9. The van der Waals surface area contributed by atoms with Gasteiger partial charge in [0.1, 0.15) is 5.75 Å². The molecule has 0 fully saturated rings. The second-order valence-electron chi connectivity index (χ2n) is 4.62. The van der Waals surface area contributed by atoms with E-state index in [9.17, 15) is 9.59 Å². The summed E-state index contributed by atoms with van der Waals surface area (Å²) < 4.78 is 5.51. The van der Waals surface area contributed by atoms with Gasteiger partial charge in [-0.2, -0.15) is 0 Å². The van der Waals surface area contributed by atoms with Gasteiger partial charge in [-0.05, 0) is 31.0 Å². The molecule has 0 bridgehead atoms. The molecule has 0 aliphatic heterocycles. The quantitative estimate of drug-likeness (QED) is 0.714. The van der Waals surface area contributed by atoms with Crippen LogP contribution in [0.2, 0.25) is 0 Å². The van der Waals surface area contributed by atoms with Crippen molar-refractivity contribution in [1.82, 2.24) is 5.32 Å². The van der Waals surface area contributed by atoms with Gasteiger partial charge in [-0.25, -0.2) is 0 Å². The molecule has 1 amide bonds. The summed E-state index contributed by atoms with van der Waals surface area (Å²) in [4.78, 5) is 22.3. The van der Waals surface area contributed by atoms with Crippen molar-refractivity contribution in [1.29, 1.82) is 0 Å². The first-order valence-corrected chi connectivity index (χ1v) is 6.78. The van der Waals surface area contributed by atoms with Crippen molar-refractivity contribution in [2.24, 2.45) is 0 Å². The second kappa shape index (κ2) is 8.19. The average molecular weight is 279 g/mol. The Morgan fingerprint density at radius 2 is 1.95 bits per heavy atom. The molecule has 0 aliphatic carbocycles. The van der Waals surface area contributed by atoms with Crippen molar-refractivity contribution in [2.75, 3.05) is 6.54 Å². The summed E-state index contributed by atoms with van der Waals surface area (Å²) in [6, 6.07) is 6.72. The van der Waals surface area contributed by atoms with Crippen LogP contribution >= 0.6 is 0 Å². The van der Waals surface area contributed by atoms with Crippen LogP contribution in [-0.4, -0.2) is 29.6 Å². The van der Waals surface area contributed by atoms with Gasteiger partial charge in [0, 0.05) is 6.54 Å². The van der Waals surface area contributed by atoms with Crippen LogP contribution in [0.25, 0.3) is 0 Å². The van der Waals surface area contributed by atoms with Crippen LogP contribution in [-0.2, 0) is 16.0 Å². The Kier molecular flexibility index (Phi) is 6.56. The number of rotatable bonds is 8. The highest BCUT2D eigenvalue weighted by atomic mass is 16.5. The van der Waals surface area contributed by atoms with Crippen molar-refractivity contribution in [2.45, 2.75) is 39.2 Å². The van der Waals surface area contributed by atoms with Crippen LogP contribution in [0.15, 0.2) is 24.3 Å². The van der Waals surface area contributed by atoms with Gasteiger partial charge in [-0.3, -0.25) is 9.59 Å². The minimum Gasteiger partial charge on any atom is -0.481 e. The van der Waals surface area contributed by atoms with Gasteiger partial charge in [0.15, 0.2) is 6.10 Å². The number of ether oxygens (including phenoxy) is 1. The molecule has 1 rings (SSSR count). The lowest BCUT2D eigenvalue weighted by Crippen LogP contribution is -2.36. The molecule has 20 heavy (non-hydrogen) atoms. The molecule has 5 nitrogen and oxygen atoms in total. The Morgan fingerprint density at radius 1 is 1.30 bits per heavy atom. The molecule has 0 saturated heterocycles. The molecule has 0 aliphatic rings. The Hall–Kier alpha value is -2.04. The van der Waals surface area contributed by atoms with Crippen LogP contribution in [0.4, 0.5) is 0 Å². The molecule has 5 heteroatoms. The molecule has 0 heterocycles. The van der Waals surface area contributed by atoms with Gasteiger partial charge in [-0.1, -0.05) is 25.5 Å². The fourth-order valence-corrected chi connectivity index (χ4v) is 1.65. The molecule has 0 radical (unpaired) electrons. The summed E-state index contributed by atoms with van der Waals surface area (Å²) in [6.07, 6.45) is 1.38. The number of hydrogen-bond acceptors (Lipinski definition) is 3. The van der Waals surface area contributed by atoms with Crippen molar-refractivity contribution in [3.63, 3.8) is 0 Å². The van der Waals surface area contributed by atoms with Crippen molar-refractivity contribution in [3.8, 4) is 5.75 Å². The molecule has 1 aromatic rings. The summed E-state index contributed by atoms with van der Waals surface area (Å²) >= 11 is 0. The first-order chi connectivity index (χ1) is 9.52. The van der Waals surface area contributed by atoms with Gasteiger partial charge < -0.3 is 15.2 Å². The molecule has 1 unspecified atom stereocenters. The van der Waals surface area contributed by atoms with Gasteiger partial charge in [0.2, 0.25) is 0 Å². The highest BCUT2D eigenvalue weighted by Gasteiger charge is 2.13. The standard InChI is InChI=1S/C15H21NO4/c1-3-4-9-16-15(19)11(2)20-13-7-5-12(6-8-13)10-14(17)18/h5-8,11H,3-4,9-10H2,1-2H3,(H,16,19)(H,17,18). The Bertz CT molecular complexity index is 442. The molecule has 0 aromatic heterocycles. The van der Waals surface area contributed by atoms with E-state index in [1.807, 2.05) is 0 Å². The third-order valence-corrected chi connectivity index (χ3v) is 2.79. The van der Waals surface area contributed by atoms with Crippen LogP contribution in [0.5, 0.6) is 5.75 Å². The molecule has 0 spiro atoms. The number of nitrogens with one attached hydrogen (secondary N) is 1. The van der Waals surface area contributed by atoms with Crippen LogP contribution < -0.4 is 10.1 Å². The first kappa shape index (κ1) is 16.0. The molecule has 110 valence electrons. The van der Waals surface area contributed by atoms with Gasteiger partial charge in [-0.15, -0.1) is 0 Å². The average Bonchev–Trinajstić information content (AvgIpc) is 2.40. The third-order valence-electron chi connectivity index (χ3n) is 2.79. The first-order valence-electron chi connectivity index (χ1n) is 6.78. The maximum absolute atomic E-state index is 11.7. The lowest BCUT2D eigenvalue weighted by atomic mass is 10.1. The number of benzene rings is 1. The van der Waals surface area contributed by atoms with Crippen molar-refractivity contribution in [3.05, 3.63) is 29.8 Å². The van der Waals surface area contributed by atoms with Crippen molar-refractivity contribution < 1.29 is 19.4 Å². The van der Waals surface area contributed by atoms with E-state index in [1.54, 1.807) is 31.2 Å². The van der Waals surface area contributed by atoms with Crippen molar-refractivity contribution >= 4 is 11.9 Å². The monoisotopic (exact) mass is 279 g/mol. The predicted molar refractivity (Wildman–Crippen MR) is 75.8 cm³/mol. The number of hydrogen-bond donors (Lipinski definition) is 2. The number of carboxylic acids is 1. The zero-order chi connectivity index (χ0) is 15.0. The van der Waals surface area contributed by atoms with Crippen LogP contribution in [0, 0.1) is 0 Å². The Balaban J connectivity index is 2.47. The summed E-state index contributed by atoms with van der Waals surface area (Å²) in [5.41, 5.74) is 0.699. The van der Waals surface area contributed by atoms with E-state index in [1.165, 1.54) is 0 Å². The van der Waals surface area contributed by atoms with Gasteiger partial charge in [0.05, 0.1) is 6.42 Å². The number of aliphatic carboxylic acids is 1. The van der Waals surface area contributed by atoms with E-state index in [2.05, 4.69) is 12.2 Å². The predicted octanol–water partition coefficient (Wildman–Crippen LogP) is 2.00. The Labute approximate surface area is 118 Å². The number of carbonyl (C=O) groups is 2.